The molecule has 1 atom stereocenters. The molecule has 1 unspecified atom stereocenters. The van der Waals surface area contributed by atoms with Crippen molar-refractivity contribution in [2.45, 2.75) is 51.1 Å². The van der Waals surface area contributed by atoms with Gasteiger partial charge in [0.1, 0.15) is 0 Å². The largest absolute Gasteiger partial charge is 0.341 e. The van der Waals surface area contributed by atoms with Crippen molar-refractivity contribution in [2.24, 2.45) is 0 Å². The number of nitrogens with zero attached hydrogens (tertiary/aromatic N) is 4. The topological polar surface area (TPSA) is 78.4 Å². The Labute approximate surface area is 150 Å². The monoisotopic (exact) mass is 367 g/mol. The van der Waals surface area contributed by atoms with E-state index in [0.29, 0.717) is 12.6 Å². The maximum Gasteiger partial charge on any atom is 0.225 e. The quantitative estimate of drug-likeness (QED) is 0.784. The zero-order valence-corrected chi connectivity index (χ0v) is 15.8. The minimum absolute atomic E-state index is 0.410. The van der Waals surface area contributed by atoms with E-state index in [-0.39, 0.29) is 0 Å². The third-order valence-corrected chi connectivity index (χ3v) is 5.77. The van der Waals surface area contributed by atoms with Gasteiger partial charge < -0.3 is 4.90 Å². The molecule has 0 amide bonds. The van der Waals surface area contributed by atoms with Crippen LogP contribution in [0.25, 0.3) is 0 Å². The zero-order chi connectivity index (χ0) is 17.7. The highest BCUT2D eigenvalue weighted by atomic mass is 32.2. The maximum absolute atomic E-state index is 11.3. The van der Waals surface area contributed by atoms with E-state index in [1.165, 1.54) is 31.9 Å². The van der Waals surface area contributed by atoms with Crippen molar-refractivity contribution in [3.63, 3.8) is 0 Å². The SMILES string of the molecule is CS(=O)(=O)NCCC1CCCCN1Cc1ccnc(N2CCCC2)n1. The summed E-state index contributed by atoms with van der Waals surface area (Å²) in [6.07, 6.45) is 9.88. The number of rotatable bonds is 7. The van der Waals surface area contributed by atoms with Crippen molar-refractivity contribution < 1.29 is 8.42 Å². The molecule has 3 heterocycles. The fourth-order valence-corrected chi connectivity index (χ4v) is 4.24. The van der Waals surface area contributed by atoms with Gasteiger partial charge in [-0.3, -0.25) is 4.90 Å². The lowest BCUT2D eigenvalue weighted by atomic mass is 9.99. The third kappa shape index (κ3) is 5.62. The van der Waals surface area contributed by atoms with Crippen molar-refractivity contribution in [1.82, 2.24) is 19.6 Å². The van der Waals surface area contributed by atoms with E-state index >= 15 is 0 Å². The first-order chi connectivity index (χ1) is 12.0. The number of likely N-dealkylation sites (tertiary alicyclic amines) is 1. The Morgan fingerprint density at radius 2 is 1.96 bits per heavy atom. The van der Waals surface area contributed by atoms with Gasteiger partial charge >= 0.3 is 0 Å². The molecular weight excluding hydrogens is 338 g/mol. The van der Waals surface area contributed by atoms with E-state index in [1.54, 1.807) is 0 Å². The summed E-state index contributed by atoms with van der Waals surface area (Å²) < 4.78 is 25.1. The normalized spacial score (nSPS) is 22.4. The molecule has 1 aromatic rings. The van der Waals surface area contributed by atoms with Gasteiger partial charge in [-0.2, -0.15) is 0 Å². The average Bonchev–Trinajstić information content (AvgIpc) is 3.10. The minimum Gasteiger partial charge on any atom is -0.341 e. The predicted octanol–water partition coefficient (Wildman–Crippen LogP) is 1.37. The van der Waals surface area contributed by atoms with E-state index in [2.05, 4.69) is 19.5 Å². The summed E-state index contributed by atoms with van der Waals surface area (Å²) in [4.78, 5) is 13.9. The lowest BCUT2D eigenvalue weighted by Gasteiger charge is -2.35. The third-order valence-electron chi connectivity index (χ3n) is 5.05. The minimum atomic E-state index is -3.11. The summed E-state index contributed by atoms with van der Waals surface area (Å²) >= 11 is 0. The molecule has 2 aliphatic rings. The van der Waals surface area contributed by atoms with E-state index < -0.39 is 10.0 Å². The van der Waals surface area contributed by atoms with Gasteiger partial charge in [-0.25, -0.2) is 23.1 Å². The van der Waals surface area contributed by atoms with Gasteiger partial charge in [0.15, 0.2) is 0 Å². The number of piperidine rings is 1. The fourth-order valence-electron chi connectivity index (χ4n) is 3.76. The Morgan fingerprint density at radius 3 is 2.72 bits per heavy atom. The van der Waals surface area contributed by atoms with Gasteiger partial charge in [-0.05, 0) is 44.7 Å². The number of anilines is 1. The van der Waals surface area contributed by atoms with Gasteiger partial charge in [0.2, 0.25) is 16.0 Å². The molecule has 0 aliphatic carbocycles. The standard InChI is InChI=1S/C17H29N5O2S/c1-25(23,24)19-10-8-16-6-2-3-13-22(16)14-15-7-9-18-17(20-15)21-11-4-5-12-21/h7,9,16,19H,2-6,8,10-14H2,1H3. The summed E-state index contributed by atoms with van der Waals surface area (Å²) in [5.74, 6) is 0.849. The zero-order valence-electron chi connectivity index (χ0n) is 15.0. The molecule has 0 spiro atoms. The first kappa shape index (κ1) is 18.5. The number of hydrogen-bond donors (Lipinski definition) is 1. The van der Waals surface area contributed by atoms with Crippen LogP contribution in [0.5, 0.6) is 0 Å². The van der Waals surface area contributed by atoms with Gasteiger partial charge in [0.25, 0.3) is 0 Å². The highest BCUT2D eigenvalue weighted by molar-refractivity contribution is 7.88. The summed E-state index contributed by atoms with van der Waals surface area (Å²) in [6.45, 7) is 4.46. The van der Waals surface area contributed by atoms with Crippen LogP contribution >= 0.6 is 0 Å². The molecule has 3 rings (SSSR count). The van der Waals surface area contributed by atoms with Crippen LogP contribution in [0.3, 0.4) is 0 Å². The molecule has 0 radical (unpaired) electrons. The molecule has 140 valence electrons. The first-order valence-electron chi connectivity index (χ1n) is 9.27. The second-order valence-electron chi connectivity index (χ2n) is 7.12. The molecule has 2 saturated heterocycles. The molecule has 25 heavy (non-hydrogen) atoms. The fraction of sp³-hybridized carbons (Fsp3) is 0.765. The maximum atomic E-state index is 11.3. The first-order valence-corrected chi connectivity index (χ1v) is 11.2. The van der Waals surface area contributed by atoms with E-state index in [9.17, 15) is 8.42 Å². The van der Waals surface area contributed by atoms with Gasteiger partial charge in [-0.15, -0.1) is 0 Å². The van der Waals surface area contributed by atoms with Crippen LogP contribution in [-0.4, -0.2) is 61.8 Å². The van der Waals surface area contributed by atoms with Crippen LogP contribution in [0.15, 0.2) is 12.3 Å². The number of sulfonamides is 1. The van der Waals surface area contributed by atoms with Gasteiger partial charge in [-0.1, -0.05) is 6.42 Å². The van der Waals surface area contributed by atoms with Crippen molar-refractivity contribution in [1.29, 1.82) is 0 Å². The second-order valence-corrected chi connectivity index (χ2v) is 8.95. The highest BCUT2D eigenvalue weighted by Gasteiger charge is 2.23. The molecule has 7 nitrogen and oxygen atoms in total. The number of nitrogens with one attached hydrogen (secondary N) is 1. The number of aromatic nitrogens is 2. The Balaban J connectivity index is 1.60. The Hall–Kier alpha value is -1.25. The summed E-state index contributed by atoms with van der Waals surface area (Å²) in [5.41, 5.74) is 1.06. The van der Waals surface area contributed by atoms with Crippen LogP contribution < -0.4 is 9.62 Å². The summed E-state index contributed by atoms with van der Waals surface area (Å²) in [7, 11) is -3.11. The Kier molecular flexibility index (Phi) is 6.24. The van der Waals surface area contributed by atoms with Crippen molar-refractivity contribution >= 4 is 16.0 Å². The molecule has 2 fully saturated rings. The highest BCUT2D eigenvalue weighted by Crippen LogP contribution is 2.22. The molecule has 1 N–H and O–H groups in total. The van der Waals surface area contributed by atoms with Crippen molar-refractivity contribution in [3.05, 3.63) is 18.0 Å². The Morgan fingerprint density at radius 1 is 1.20 bits per heavy atom. The van der Waals surface area contributed by atoms with Gasteiger partial charge in [0.05, 0.1) is 11.9 Å². The molecule has 0 saturated carbocycles. The average molecular weight is 368 g/mol. The molecule has 1 aromatic heterocycles. The summed E-state index contributed by atoms with van der Waals surface area (Å²) in [6, 6.07) is 2.41. The molecule has 8 heteroatoms. The summed E-state index contributed by atoms with van der Waals surface area (Å²) in [5, 5.41) is 0. The van der Waals surface area contributed by atoms with Crippen LogP contribution in [0, 0.1) is 0 Å². The molecule has 0 aromatic carbocycles. The van der Waals surface area contributed by atoms with E-state index in [4.69, 9.17) is 4.98 Å². The van der Waals surface area contributed by atoms with Crippen LogP contribution in [0.1, 0.15) is 44.2 Å². The van der Waals surface area contributed by atoms with Crippen LogP contribution in [0.4, 0.5) is 5.95 Å². The van der Waals surface area contributed by atoms with Gasteiger partial charge in [0, 0.05) is 38.4 Å². The lowest BCUT2D eigenvalue weighted by molar-refractivity contribution is 0.131. The van der Waals surface area contributed by atoms with Crippen LogP contribution in [0.2, 0.25) is 0 Å². The lowest BCUT2D eigenvalue weighted by Crippen LogP contribution is -2.41. The molecule has 0 bridgehead atoms. The smallest absolute Gasteiger partial charge is 0.225 e. The van der Waals surface area contributed by atoms with Crippen molar-refractivity contribution in [2.75, 3.05) is 37.3 Å². The van der Waals surface area contributed by atoms with Crippen molar-refractivity contribution in [3.8, 4) is 0 Å². The predicted molar refractivity (Wildman–Crippen MR) is 99.0 cm³/mol. The Bertz CT molecular complexity index is 661. The molecular formula is C17H29N5O2S. The number of hydrogen-bond acceptors (Lipinski definition) is 6. The van der Waals surface area contributed by atoms with Crippen LogP contribution in [-0.2, 0) is 16.6 Å². The van der Waals surface area contributed by atoms with E-state index in [0.717, 1.165) is 50.7 Å². The molecule has 2 aliphatic heterocycles. The van der Waals surface area contributed by atoms with E-state index in [1.807, 2.05) is 12.3 Å². The second kappa shape index (κ2) is 8.42.